The van der Waals surface area contributed by atoms with Crippen molar-refractivity contribution in [1.82, 2.24) is 20.2 Å². The molecule has 184 valence electrons. The smallest absolute Gasteiger partial charge is 0.323 e. The second kappa shape index (κ2) is 10.6. The van der Waals surface area contributed by atoms with Crippen LogP contribution in [0.5, 0.6) is 11.5 Å². The van der Waals surface area contributed by atoms with Gasteiger partial charge < -0.3 is 20.7 Å². The second-order valence-corrected chi connectivity index (χ2v) is 8.38. The molecule has 3 N–H and O–H groups in total. The number of halogens is 2. The molecular formula is C26H24F2N6O2. The minimum atomic E-state index is -1.04. The van der Waals surface area contributed by atoms with E-state index in [9.17, 15) is 13.6 Å². The highest BCUT2D eigenvalue weighted by atomic mass is 19.2. The lowest BCUT2D eigenvalue weighted by atomic mass is 10.2. The Kier molecular flexibility index (Phi) is 6.96. The number of hydrogen-bond acceptors (Lipinski definition) is 6. The van der Waals surface area contributed by atoms with Gasteiger partial charge in [-0.3, -0.25) is 9.88 Å². The molecule has 0 aliphatic carbocycles. The SMILES string of the molecule is O=C(Nc1cccc(Oc2ccc3ncc(CN4CCNCC4)nc3c2)c1)Nc1ccc(F)c(F)c1. The Morgan fingerprint density at radius 1 is 0.917 bits per heavy atom. The van der Waals surface area contributed by atoms with Gasteiger partial charge in [0, 0.05) is 62.3 Å². The molecule has 3 aromatic carbocycles. The van der Waals surface area contributed by atoms with Gasteiger partial charge in [-0.15, -0.1) is 0 Å². The molecule has 1 fully saturated rings. The van der Waals surface area contributed by atoms with Crippen LogP contribution in [0.25, 0.3) is 11.0 Å². The maximum absolute atomic E-state index is 13.4. The van der Waals surface area contributed by atoms with Crippen LogP contribution in [-0.4, -0.2) is 47.1 Å². The molecule has 10 heteroatoms. The Morgan fingerprint density at radius 3 is 2.50 bits per heavy atom. The normalized spacial score (nSPS) is 13.9. The molecule has 0 radical (unpaired) electrons. The van der Waals surface area contributed by atoms with Crippen LogP contribution in [0, 0.1) is 11.6 Å². The number of hydrogen-bond donors (Lipinski definition) is 3. The Labute approximate surface area is 206 Å². The lowest BCUT2D eigenvalue weighted by Crippen LogP contribution is -2.43. The van der Waals surface area contributed by atoms with Crippen molar-refractivity contribution in [3.05, 3.63) is 84.2 Å². The summed E-state index contributed by atoms with van der Waals surface area (Å²) >= 11 is 0. The van der Waals surface area contributed by atoms with Gasteiger partial charge in [-0.05, 0) is 36.4 Å². The first-order chi connectivity index (χ1) is 17.5. The van der Waals surface area contributed by atoms with E-state index in [1.165, 1.54) is 6.07 Å². The minimum absolute atomic E-state index is 0.132. The van der Waals surface area contributed by atoms with Crippen molar-refractivity contribution in [1.29, 1.82) is 0 Å². The van der Waals surface area contributed by atoms with E-state index in [4.69, 9.17) is 9.72 Å². The van der Waals surface area contributed by atoms with E-state index in [1.54, 1.807) is 24.3 Å². The van der Waals surface area contributed by atoms with Crippen molar-refractivity contribution in [2.24, 2.45) is 0 Å². The second-order valence-electron chi connectivity index (χ2n) is 8.38. The zero-order valence-corrected chi connectivity index (χ0v) is 19.3. The molecule has 2 heterocycles. The van der Waals surface area contributed by atoms with Gasteiger partial charge in [0.05, 0.1) is 22.9 Å². The number of ether oxygens (including phenoxy) is 1. The van der Waals surface area contributed by atoms with Crippen LogP contribution in [0.4, 0.5) is 25.0 Å². The quantitative estimate of drug-likeness (QED) is 0.361. The Hall–Kier alpha value is -4.15. The van der Waals surface area contributed by atoms with Gasteiger partial charge in [0.2, 0.25) is 0 Å². The molecular weight excluding hydrogens is 466 g/mol. The van der Waals surface area contributed by atoms with Gasteiger partial charge in [-0.25, -0.2) is 18.6 Å². The molecule has 4 aromatic rings. The summed E-state index contributed by atoms with van der Waals surface area (Å²) in [5.41, 5.74) is 3.01. The lowest BCUT2D eigenvalue weighted by molar-refractivity contribution is 0.230. The first-order valence-corrected chi connectivity index (χ1v) is 11.5. The zero-order chi connectivity index (χ0) is 24.9. The molecule has 2 amide bonds. The topological polar surface area (TPSA) is 91.4 Å². The van der Waals surface area contributed by atoms with Crippen LogP contribution in [0.15, 0.2) is 66.9 Å². The molecule has 0 saturated carbocycles. The van der Waals surface area contributed by atoms with Gasteiger partial charge >= 0.3 is 6.03 Å². The first-order valence-electron chi connectivity index (χ1n) is 11.5. The molecule has 36 heavy (non-hydrogen) atoms. The third-order valence-electron chi connectivity index (χ3n) is 5.66. The van der Waals surface area contributed by atoms with E-state index in [1.807, 2.05) is 24.4 Å². The number of carbonyl (C=O) groups excluding carboxylic acids is 1. The van der Waals surface area contributed by atoms with Crippen LogP contribution >= 0.6 is 0 Å². The molecule has 1 aromatic heterocycles. The number of rotatable bonds is 6. The van der Waals surface area contributed by atoms with Crippen molar-refractivity contribution in [2.75, 3.05) is 36.8 Å². The summed E-state index contributed by atoms with van der Waals surface area (Å²) in [6, 6.07) is 14.9. The Bertz CT molecular complexity index is 1390. The van der Waals surface area contributed by atoms with Crippen LogP contribution < -0.4 is 20.7 Å². The summed E-state index contributed by atoms with van der Waals surface area (Å²) in [6.07, 6.45) is 1.81. The first kappa shape index (κ1) is 23.6. The molecule has 1 aliphatic heterocycles. The average Bonchev–Trinajstić information content (AvgIpc) is 2.87. The van der Waals surface area contributed by atoms with Gasteiger partial charge in [-0.2, -0.15) is 0 Å². The number of benzene rings is 3. The number of aromatic nitrogens is 2. The van der Waals surface area contributed by atoms with E-state index in [2.05, 4.69) is 25.8 Å². The summed E-state index contributed by atoms with van der Waals surface area (Å²) in [5.74, 6) is -0.940. The third kappa shape index (κ3) is 5.91. The molecule has 1 aliphatic rings. The standard InChI is InChI=1S/C26H24F2N6O2/c27-22-6-4-18(13-23(22)28)33-26(35)32-17-2-1-3-20(12-17)36-21-5-7-24-25(14-21)31-19(15-30-24)16-34-10-8-29-9-11-34/h1-7,12-15,29H,8-11,16H2,(H2,32,33,35). The molecule has 1 saturated heterocycles. The monoisotopic (exact) mass is 490 g/mol. The van der Waals surface area contributed by atoms with Crippen molar-refractivity contribution < 1.29 is 18.3 Å². The summed E-state index contributed by atoms with van der Waals surface area (Å²) < 4.78 is 32.4. The molecule has 0 bridgehead atoms. The number of nitrogens with one attached hydrogen (secondary N) is 3. The van der Waals surface area contributed by atoms with Crippen LogP contribution in [0.2, 0.25) is 0 Å². The molecule has 0 atom stereocenters. The number of piperazine rings is 1. The van der Waals surface area contributed by atoms with Gasteiger partial charge in [0.15, 0.2) is 11.6 Å². The molecule has 0 unspecified atom stereocenters. The fraction of sp³-hybridized carbons (Fsp3) is 0.192. The number of carbonyl (C=O) groups is 1. The van der Waals surface area contributed by atoms with Gasteiger partial charge in [-0.1, -0.05) is 6.07 Å². The highest BCUT2D eigenvalue weighted by molar-refractivity contribution is 5.99. The number of amides is 2. The van der Waals surface area contributed by atoms with Crippen LogP contribution in [-0.2, 0) is 6.54 Å². The van der Waals surface area contributed by atoms with Crippen molar-refractivity contribution in [3.63, 3.8) is 0 Å². The third-order valence-corrected chi connectivity index (χ3v) is 5.66. The van der Waals surface area contributed by atoms with E-state index in [-0.39, 0.29) is 5.69 Å². The number of anilines is 2. The zero-order valence-electron chi connectivity index (χ0n) is 19.3. The Balaban J connectivity index is 1.25. The van der Waals surface area contributed by atoms with Gasteiger partial charge in [0.25, 0.3) is 0 Å². The molecule has 5 rings (SSSR count). The summed E-state index contributed by atoms with van der Waals surface area (Å²) in [4.78, 5) is 23.9. The van der Waals surface area contributed by atoms with Crippen molar-refractivity contribution in [3.8, 4) is 11.5 Å². The minimum Gasteiger partial charge on any atom is -0.457 e. The highest BCUT2D eigenvalue weighted by Gasteiger charge is 2.12. The van der Waals surface area contributed by atoms with Gasteiger partial charge in [0.1, 0.15) is 11.5 Å². The van der Waals surface area contributed by atoms with Crippen molar-refractivity contribution in [2.45, 2.75) is 6.54 Å². The lowest BCUT2D eigenvalue weighted by Gasteiger charge is -2.26. The predicted octanol–water partition coefficient (Wildman–Crippen LogP) is 4.75. The maximum atomic E-state index is 13.4. The predicted molar refractivity (Wildman–Crippen MR) is 133 cm³/mol. The van der Waals surface area contributed by atoms with E-state index in [0.29, 0.717) is 17.2 Å². The van der Waals surface area contributed by atoms with E-state index in [0.717, 1.165) is 61.6 Å². The molecule has 8 nitrogen and oxygen atoms in total. The Morgan fingerprint density at radius 2 is 1.69 bits per heavy atom. The fourth-order valence-corrected chi connectivity index (χ4v) is 3.91. The van der Waals surface area contributed by atoms with E-state index < -0.39 is 17.7 Å². The van der Waals surface area contributed by atoms with Crippen LogP contribution in [0.3, 0.4) is 0 Å². The number of fused-ring (bicyclic) bond motifs is 1. The van der Waals surface area contributed by atoms with Crippen LogP contribution in [0.1, 0.15) is 5.69 Å². The highest BCUT2D eigenvalue weighted by Crippen LogP contribution is 2.26. The summed E-state index contributed by atoms with van der Waals surface area (Å²) in [7, 11) is 0. The average molecular weight is 491 g/mol. The molecule has 0 spiro atoms. The number of nitrogens with zero attached hydrogens (tertiary/aromatic N) is 3. The maximum Gasteiger partial charge on any atom is 0.323 e. The summed E-state index contributed by atoms with van der Waals surface area (Å²) in [6.45, 7) is 4.65. The number of urea groups is 1. The van der Waals surface area contributed by atoms with Crippen molar-refractivity contribution >= 4 is 28.4 Å². The fourth-order valence-electron chi connectivity index (χ4n) is 3.91. The summed E-state index contributed by atoms with van der Waals surface area (Å²) in [5, 5.41) is 8.45. The largest absolute Gasteiger partial charge is 0.457 e. The van der Waals surface area contributed by atoms with E-state index >= 15 is 0 Å².